The molecule has 1 aliphatic carbocycles. The molecule has 110 valence electrons. The molecule has 20 heavy (non-hydrogen) atoms. The van der Waals surface area contributed by atoms with Crippen molar-refractivity contribution in [2.75, 3.05) is 13.2 Å². The number of amides is 1. The molecule has 0 heterocycles. The second kappa shape index (κ2) is 5.80. The molecule has 0 saturated heterocycles. The summed E-state index contributed by atoms with van der Waals surface area (Å²) in [6, 6.07) is 7.35. The Morgan fingerprint density at radius 2 is 2.10 bits per heavy atom. The molecule has 1 saturated carbocycles. The van der Waals surface area contributed by atoms with E-state index in [-0.39, 0.29) is 19.1 Å². The zero-order valence-corrected chi connectivity index (χ0v) is 12.7. The molecule has 0 aromatic heterocycles. The summed E-state index contributed by atoms with van der Waals surface area (Å²) in [5.41, 5.74) is 0.116. The summed E-state index contributed by atoms with van der Waals surface area (Å²) in [5.74, 6) is 0.477. The van der Waals surface area contributed by atoms with E-state index in [4.69, 9.17) is 33.0 Å². The summed E-state index contributed by atoms with van der Waals surface area (Å²) in [6.07, 6.45) is 0.456. The van der Waals surface area contributed by atoms with E-state index in [0.717, 1.165) is 5.56 Å². The number of alkyl halides is 2. The first-order valence-electron chi connectivity index (χ1n) is 6.38. The lowest BCUT2D eigenvalue weighted by Gasteiger charge is -2.14. The standard InChI is InChI=1S/C14H17Cl2NO3/c1-13(9-14(13,15)16)12(19)17-8-10-4-2-3-5-11(10)20-7-6-18/h2-5,18H,6-9H2,1H3,(H,17,19). The first-order valence-corrected chi connectivity index (χ1v) is 7.14. The summed E-state index contributed by atoms with van der Waals surface area (Å²) in [4.78, 5) is 12.1. The molecule has 6 heteroatoms. The van der Waals surface area contributed by atoms with Gasteiger partial charge >= 0.3 is 0 Å². The molecule has 1 amide bonds. The Labute approximate surface area is 128 Å². The number of hydrogen-bond acceptors (Lipinski definition) is 3. The maximum absolute atomic E-state index is 12.1. The first-order chi connectivity index (χ1) is 9.40. The monoisotopic (exact) mass is 317 g/mol. The number of aliphatic hydroxyl groups excluding tert-OH is 1. The van der Waals surface area contributed by atoms with E-state index in [0.29, 0.717) is 18.7 Å². The minimum atomic E-state index is -0.968. The lowest BCUT2D eigenvalue weighted by Crippen LogP contribution is -2.32. The molecule has 0 aliphatic heterocycles. The number of benzene rings is 1. The number of carbonyl (C=O) groups is 1. The molecule has 2 N–H and O–H groups in total. The van der Waals surface area contributed by atoms with Crippen LogP contribution in [0, 0.1) is 5.41 Å². The van der Waals surface area contributed by atoms with Gasteiger partial charge in [-0.15, -0.1) is 23.2 Å². The van der Waals surface area contributed by atoms with Crippen LogP contribution >= 0.6 is 23.2 Å². The van der Waals surface area contributed by atoms with Gasteiger partial charge in [-0.05, 0) is 19.4 Å². The molecule has 1 aliphatic rings. The highest BCUT2D eigenvalue weighted by molar-refractivity contribution is 6.53. The van der Waals surface area contributed by atoms with Crippen LogP contribution in [0.2, 0.25) is 0 Å². The van der Waals surface area contributed by atoms with Crippen LogP contribution in [-0.2, 0) is 11.3 Å². The SMILES string of the molecule is CC1(C(=O)NCc2ccccc2OCCO)CC1(Cl)Cl. The topological polar surface area (TPSA) is 58.6 Å². The highest BCUT2D eigenvalue weighted by atomic mass is 35.5. The van der Waals surface area contributed by atoms with E-state index in [1.165, 1.54) is 0 Å². The fourth-order valence-corrected chi connectivity index (χ4v) is 2.67. The highest BCUT2D eigenvalue weighted by Crippen LogP contribution is 2.63. The van der Waals surface area contributed by atoms with Crippen LogP contribution in [-0.4, -0.2) is 28.6 Å². The van der Waals surface area contributed by atoms with E-state index >= 15 is 0 Å². The number of hydrogen-bond donors (Lipinski definition) is 2. The fourth-order valence-electron chi connectivity index (χ4n) is 1.96. The Morgan fingerprint density at radius 3 is 2.70 bits per heavy atom. The van der Waals surface area contributed by atoms with Gasteiger partial charge in [0.05, 0.1) is 12.0 Å². The number of para-hydroxylation sites is 1. The van der Waals surface area contributed by atoms with Gasteiger partial charge in [0.15, 0.2) is 0 Å². The summed E-state index contributed by atoms with van der Waals surface area (Å²) >= 11 is 12.0. The van der Waals surface area contributed by atoms with E-state index in [1.807, 2.05) is 18.2 Å². The quantitative estimate of drug-likeness (QED) is 0.791. The van der Waals surface area contributed by atoms with Gasteiger partial charge in [-0.2, -0.15) is 0 Å². The zero-order valence-electron chi connectivity index (χ0n) is 11.2. The van der Waals surface area contributed by atoms with Crippen molar-refractivity contribution in [2.24, 2.45) is 5.41 Å². The average molecular weight is 318 g/mol. The second-order valence-corrected chi connectivity index (χ2v) is 6.56. The van der Waals surface area contributed by atoms with Crippen molar-refractivity contribution in [3.8, 4) is 5.75 Å². The van der Waals surface area contributed by atoms with Gasteiger partial charge in [0.25, 0.3) is 0 Å². The van der Waals surface area contributed by atoms with Crippen molar-refractivity contribution >= 4 is 29.1 Å². The second-order valence-electron chi connectivity index (χ2n) is 5.08. The molecular formula is C14H17Cl2NO3. The van der Waals surface area contributed by atoms with Crippen LogP contribution in [0.4, 0.5) is 0 Å². The van der Waals surface area contributed by atoms with Crippen molar-refractivity contribution in [1.29, 1.82) is 0 Å². The molecule has 4 nitrogen and oxygen atoms in total. The molecule has 0 bridgehead atoms. The number of nitrogens with one attached hydrogen (secondary N) is 1. The Morgan fingerprint density at radius 1 is 1.45 bits per heavy atom. The number of rotatable bonds is 6. The van der Waals surface area contributed by atoms with Crippen LogP contribution in [0.5, 0.6) is 5.75 Å². The number of carbonyl (C=O) groups excluding carboxylic acids is 1. The Kier molecular flexibility index (Phi) is 4.47. The molecule has 1 aromatic rings. The fraction of sp³-hybridized carbons (Fsp3) is 0.500. The minimum absolute atomic E-state index is 0.0558. The molecule has 2 rings (SSSR count). The summed E-state index contributed by atoms with van der Waals surface area (Å²) in [5, 5.41) is 11.6. The van der Waals surface area contributed by atoms with Crippen molar-refractivity contribution in [3.63, 3.8) is 0 Å². The van der Waals surface area contributed by atoms with Gasteiger partial charge in [0.2, 0.25) is 5.91 Å². The van der Waals surface area contributed by atoms with Gasteiger partial charge < -0.3 is 15.2 Å². The zero-order chi connectivity index (χ0) is 14.8. The molecule has 1 atom stereocenters. The molecule has 1 unspecified atom stereocenters. The van der Waals surface area contributed by atoms with Gasteiger partial charge in [0.1, 0.15) is 16.7 Å². The Balaban J connectivity index is 1.96. The maximum Gasteiger partial charge on any atom is 0.229 e. The first kappa shape index (κ1) is 15.4. The maximum atomic E-state index is 12.1. The van der Waals surface area contributed by atoms with Crippen LogP contribution < -0.4 is 10.1 Å². The van der Waals surface area contributed by atoms with Crippen LogP contribution in [0.25, 0.3) is 0 Å². The number of aliphatic hydroxyl groups is 1. The molecule has 1 aromatic carbocycles. The lowest BCUT2D eigenvalue weighted by atomic mass is 10.1. The predicted molar refractivity (Wildman–Crippen MR) is 78.0 cm³/mol. The average Bonchev–Trinajstić information content (AvgIpc) is 2.95. The summed E-state index contributed by atoms with van der Waals surface area (Å²) < 4.78 is 4.44. The summed E-state index contributed by atoms with van der Waals surface area (Å²) in [6.45, 7) is 2.24. The van der Waals surface area contributed by atoms with Crippen molar-refractivity contribution in [3.05, 3.63) is 29.8 Å². The molecule has 0 radical (unpaired) electrons. The van der Waals surface area contributed by atoms with E-state index in [9.17, 15) is 4.79 Å². The van der Waals surface area contributed by atoms with Gasteiger partial charge in [-0.1, -0.05) is 18.2 Å². The summed E-state index contributed by atoms with van der Waals surface area (Å²) in [7, 11) is 0. The third-order valence-electron chi connectivity index (χ3n) is 3.52. The van der Waals surface area contributed by atoms with Crippen LogP contribution in [0.15, 0.2) is 24.3 Å². The van der Waals surface area contributed by atoms with Gasteiger partial charge in [0, 0.05) is 12.1 Å². The third-order valence-corrected chi connectivity index (χ3v) is 4.62. The molecular weight excluding hydrogens is 301 g/mol. The predicted octanol–water partition coefficient (Wildman–Crippen LogP) is 2.26. The molecule has 0 spiro atoms. The Bertz CT molecular complexity index is 507. The van der Waals surface area contributed by atoms with E-state index < -0.39 is 9.75 Å². The van der Waals surface area contributed by atoms with E-state index in [1.54, 1.807) is 13.0 Å². The van der Waals surface area contributed by atoms with Crippen molar-refractivity contribution in [1.82, 2.24) is 5.32 Å². The van der Waals surface area contributed by atoms with E-state index in [2.05, 4.69) is 5.32 Å². The smallest absolute Gasteiger partial charge is 0.229 e. The minimum Gasteiger partial charge on any atom is -0.491 e. The van der Waals surface area contributed by atoms with Crippen molar-refractivity contribution < 1.29 is 14.6 Å². The largest absolute Gasteiger partial charge is 0.491 e. The van der Waals surface area contributed by atoms with Crippen LogP contribution in [0.1, 0.15) is 18.9 Å². The van der Waals surface area contributed by atoms with Gasteiger partial charge in [-0.3, -0.25) is 4.79 Å². The van der Waals surface area contributed by atoms with Crippen LogP contribution in [0.3, 0.4) is 0 Å². The number of halogens is 2. The Hall–Kier alpha value is -0.970. The molecule has 1 fully saturated rings. The normalized spacial score (nSPS) is 23.2. The highest BCUT2D eigenvalue weighted by Gasteiger charge is 2.67. The van der Waals surface area contributed by atoms with Crippen molar-refractivity contribution in [2.45, 2.75) is 24.2 Å². The van der Waals surface area contributed by atoms with Gasteiger partial charge in [-0.25, -0.2) is 0 Å². The number of ether oxygens (including phenoxy) is 1. The lowest BCUT2D eigenvalue weighted by molar-refractivity contribution is -0.125. The third kappa shape index (κ3) is 3.03.